The molecule has 3 aromatic rings. The van der Waals surface area contributed by atoms with Crippen molar-refractivity contribution in [2.24, 2.45) is 13.0 Å². The fourth-order valence-corrected chi connectivity index (χ4v) is 4.51. The number of para-hydroxylation sites is 1. The number of carbonyl (C=O) groups is 2. The first kappa shape index (κ1) is 24.4. The maximum atomic E-state index is 13.4. The number of imidazole rings is 1. The van der Waals surface area contributed by atoms with Crippen LogP contribution in [0.4, 0.5) is 5.69 Å². The zero-order valence-corrected chi connectivity index (χ0v) is 20.7. The van der Waals surface area contributed by atoms with Gasteiger partial charge >= 0.3 is 0 Å². The van der Waals surface area contributed by atoms with E-state index in [2.05, 4.69) is 10.3 Å². The van der Waals surface area contributed by atoms with Gasteiger partial charge in [-0.2, -0.15) is 0 Å². The number of carbonyl (C=O) groups excluding carboxylic acids is 2. The second-order valence-corrected chi connectivity index (χ2v) is 8.55. The van der Waals surface area contributed by atoms with Gasteiger partial charge in [-0.15, -0.1) is 0 Å². The number of methoxy groups -OCH3 is 3. The molecule has 0 unspecified atom stereocenters. The fourth-order valence-electron chi connectivity index (χ4n) is 4.27. The Kier molecular flexibility index (Phi) is 7.16. The predicted molar refractivity (Wildman–Crippen MR) is 131 cm³/mol. The highest BCUT2D eigenvalue weighted by Gasteiger charge is 2.38. The molecule has 2 amide bonds. The summed E-state index contributed by atoms with van der Waals surface area (Å²) >= 11 is 6.30. The second-order valence-electron chi connectivity index (χ2n) is 8.14. The summed E-state index contributed by atoms with van der Waals surface area (Å²) in [6.07, 6.45) is 3.53. The molecular weight excluding hydrogens is 472 g/mol. The van der Waals surface area contributed by atoms with Crippen molar-refractivity contribution < 1.29 is 23.8 Å². The standard InChI is InChI=1S/C25H27ClN4O5/c1-29-10-9-27-24(29)23(16-7-5-6-8-19(16)33-2)28-25(32)15-11-22(31)30(14-15)18-12-17(26)20(34-3)13-21(18)35-4/h5-10,12-13,15,23H,11,14H2,1-4H3,(H,28,32)/t15-,23-/m1/s1. The SMILES string of the molecule is COc1cc(OC)c(N2C[C@H](C(=O)N[C@H](c3ccccc3OC)c3nccn3C)CC2=O)cc1Cl. The molecule has 1 aliphatic rings. The van der Waals surface area contributed by atoms with E-state index in [-0.39, 0.29) is 24.8 Å². The highest BCUT2D eigenvalue weighted by Crippen LogP contribution is 2.40. The average molecular weight is 499 g/mol. The van der Waals surface area contributed by atoms with E-state index < -0.39 is 12.0 Å². The third-order valence-corrected chi connectivity index (χ3v) is 6.39. The molecule has 4 rings (SSSR count). The van der Waals surface area contributed by atoms with Crippen molar-refractivity contribution in [1.82, 2.24) is 14.9 Å². The lowest BCUT2D eigenvalue weighted by Crippen LogP contribution is -2.37. The number of amides is 2. The third-order valence-electron chi connectivity index (χ3n) is 6.09. The molecule has 0 saturated carbocycles. The van der Waals surface area contributed by atoms with E-state index in [1.807, 2.05) is 42.1 Å². The van der Waals surface area contributed by atoms with Gasteiger partial charge in [0.2, 0.25) is 11.8 Å². The van der Waals surface area contributed by atoms with E-state index in [9.17, 15) is 9.59 Å². The summed E-state index contributed by atoms with van der Waals surface area (Å²) in [6, 6.07) is 10.1. The highest BCUT2D eigenvalue weighted by atomic mass is 35.5. The molecule has 0 spiro atoms. The molecule has 2 atom stereocenters. The van der Waals surface area contributed by atoms with Crippen LogP contribution in [0.3, 0.4) is 0 Å². The van der Waals surface area contributed by atoms with Gasteiger partial charge in [0.15, 0.2) is 0 Å². The molecule has 0 bridgehead atoms. The van der Waals surface area contributed by atoms with Gasteiger partial charge in [-0.05, 0) is 12.1 Å². The van der Waals surface area contributed by atoms with Crippen molar-refractivity contribution in [3.63, 3.8) is 0 Å². The Balaban J connectivity index is 1.60. The van der Waals surface area contributed by atoms with E-state index in [0.717, 1.165) is 5.56 Å². The quantitative estimate of drug-likeness (QED) is 0.511. The topological polar surface area (TPSA) is 94.9 Å². The minimum atomic E-state index is -0.578. The van der Waals surface area contributed by atoms with Gasteiger partial charge in [0.25, 0.3) is 0 Å². The summed E-state index contributed by atoms with van der Waals surface area (Å²) in [7, 11) is 6.44. The third kappa shape index (κ3) is 4.77. The Morgan fingerprint density at radius 3 is 2.49 bits per heavy atom. The molecule has 10 heteroatoms. The van der Waals surface area contributed by atoms with E-state index in [0.29, 0.717) is 33.8 Å². The normalized spacial score (nSPS) is 16.2. The largest absolute Gasteiger partial charge is 0.496 e. The lowest BCUT2D eigenvalue weighted by Gasteiger charge is -2.23. The van der Waals surface area contributed by atoms with Gasteiger partial charge in [0.1, 0.15) is 29.1 Å². The molecule has 0 aliphatic carbocycles. The van der Waals surface area contributed by atoms with Crippen molar-refractivity contribution in [3.05, 3.63) is 65.2 Å². The van der Waals surface area contributed by atoms with Gasteiger partial charge in [0.05, 0.1) is 38.0 Å². The van der Waals surface area contributed by atoms with Crippen LogP contribution < -0.4 is 24.4 Å². The van der Waals surface area contributed by atoms with Crippen molar-refractivity contribution in [2.75, 3.05) is 32.8 Å². The first-order valence-corrected chi connectivity index (χ1v) is 11.4. The number of benzene rings is 2. The number of aromatic nitrogens is 2. The van der Waals surface area contributed by atoms with Gasteiger partial charge in [-0.3, -0.25) is 9.59 Å². The Bertz CT molecular complexity index is 1240. The van der Waals surface area contributed by atoms with Crippen LogP contribution >= 0.6 is 11.6 Å². The van der Waals surface area contributed by atoms with Gasteiger partial charge in [0, 0.05) is 44.0 Å². The number of nitrogens with one attached hydrogen (secondary N) is 1. The zero-order chi connectivity index (χ0) is 25.1. The number of anilines is 1. The van der Waals surface area contributed by atoms with Crippen LogP contribution in [0.2, 0.25) is 5.02 Å². The van der Waals surface area contributed by atoms with Crippen LogP contribution in [0.25, 0.3) is 0 Å². The molecule has 1 fully saturated rings. The molecule has 1 aliphatic heterocycles. The van der Waals surface area contributed by atoms with E-state index in [1.165, 1.54) is 19.1 Å². The minimum Gasteiger partial charge on any atom is -0.496 e. The average Bonchev–Trinajstić information content (AvgIpc) is 3.47. The molecule has 2 aromatic carbocycles. The number of hydrogen-bond acceptors (Lipinski definition) is 6. The summed E-state index contributed by atoms with van der Waals surface area (Å²) in [5.74, 6) is 1.10. The number of halogens is 1. The molecule has 1 aromatic heterocycles. The summed E-state index contributed by atoms with van der Waals surface area (Å²) in [5, 5.41) is 3.43. The Morgan fingerprint density at radius 2 is 1.83 bits per heavy atom. The van der Waals surface area contributed by atoms with Crippen molar-refractivity contribution >= 4 is 29.1 Å². The number of hydrogen-bond donors (Lipinski definition) is 1. The number of nitrogens with zero attached hydrogens (tertiary/aromatic N) is 3. The van der Waals surface area contributed by atoms with Crippen molar-refractivity contribution in [2.45, 2.75) is 12.5 Å². The maximum absolute atomic E-state index is 13.4. The van der Waals surface area contributed by atoms with Gasteiger partial charge in [-0.1, -0.05) is 29.8 Å². The fraction of sp³-hybridized carbons (Fsp3) is 0.320. The Morgan fingerprint density at radius 1 is 1.11 bits per heavy atom. The summed E-state index contributed by atoms with van der Waals surface area (Å²) in [6.45, 7) is 0.183. The smallest absolute Gasteiger partial charge is 0.227 e. The van der Waals surface area contributed by atoms with Crippen LogP contribution in [0.15, 0.2) is 48.8 Å². The van der Waals surface area contributed by atoms with E-state index >= 15 is 0 Å². The van der Waals surface area contributed by atoms with Crippen molar-refractivity contribution in [1.29, 1.82) is 0 Å². The number of aryl methyl sites for hydroxylation is 1. The Labute approximate surface area is 208 Å². The molecule has 9 nitrogen and oxygen atoms in total. The Hall–Kier alpha value is -3.72. The monoisotopic (exact) mass is 498 g/mol. The van der Waals surface area contributed by atoms with Crippen LogP contribution in [-0.4, -0.2) is 49.2 Å². The molecule has 184 valence electrons. The predicted octanol–water partition coefficient (Wildman–Crippen LogP) is 3.36. The minimum absolute atomic E-state index is 0.0534. The maximum Gasteiger partial charge on any atom is 0.227 e. The van der Waals surface area contributed by atoms with E-state index in [1.54, 1.807) is 25.4 Å². The molecular formula is C25H27ClN4O5. The van der Waals surface area contributed by atoms with Crippen molar-refractivity contribution in [3.8, 4) is 17.2 Å². The molecule has 1 N–H and O–H groups in total. The van der Waals surface area contributed by atoms with Crippen LogP contribution in [0.5, 0.6) is 17.2 Å². The highest BCUT2D eigenvalue weighted by molar-refractivity contribution is 6.32. The van der Waals surface area contributed by atoms with E-state index in [4.69, 9.17) is 25.8 Å². The van der Waals surface area contributed by atoms with Crippen LogP contribution in [-0.2, 0) is 16.6 Å². The molecule has 35 heavy (non-hydrogen) atoms. The van der Waals surface area contributed by atoms with Gasteiger partial charge in [-0.25, -0.2) is 4.98 Å². The lowest BCUT2D eigenvalue weighted by molar-refractivity contribution is -0.126. The second kappa shape index (κ2) is 10.3. The summed E-state index contributed by atoms with van der Waals surface area (Å²) in [5.41, 5.74) is 1.26. The zero-order valence-electron chi connectivity index (χ0n) is 19.9. The number of ether oxygens (including phenoxy) is 3. The first-order chi connectivity index (χ1) is 16.9. The summed E-state index contributed by atoms with van der Waals surface area (Å²) in [4.78, 5) is 32.3. The summed E-state index contributed by atoms with van der Waals surface area (Å²) < 4.78 is 18.1. The van der Waals surface area contributed by atoms with Gasteiger partial charge < -0.3 is 29.0 Å². The van der Waals surface area contributed by atoms with Crippen LogP contribution in [0, 0.1) is 5.92 Å². The molecule has 2 heterocycles. The first-order valence-electron chi connectivity index (χ1n) is 11.0. The lowest BCUT2D eigenvalue weighted by atomic mass is 10.0. The number of rotatable bonds is 8. The van der Waals surface area contributed by atoms with Crippen LogP contribution in [0.1, 0.15) is 23.9 Å². The molecule has 0 radical (unpaired) electrons. The molecule has 1 saturated heterocycles.